The summed E-state index contributed by atoms with van der Waals surface area (Å²) in [6.07, 6.45) is 1.45. The zero-order chi connectivity index (χ0) is 11.9. The summed E-state index contributed by atoms with van der Waals surface area (Å²) in [6.45, 7) is 8.48. The number of carbonyl (C=O) groups is 2. The van der Waals surface area contributed by atoms with E-state index in [4.69, 9.17) is 0 Å². The molecule has 15 heavy (non-hydrogen) atoms. The van der Waals surface area contributed by atoms with Crippen LogP contribution in [0.2, 0.25) is 0 Å². The summed E-state index contributed by atoms with van der Waals surface area (Å²) in [5.41, 5.74) is -0.334. The average molecular weight is 215 g/mol. The van der Waals surface area contributed by atoms with Crippen LogP contribution in [0.3, 0.4) is 0 Å². The largest absolute Gasteiger partial charge is 0.468 e. The van der Waals surface area contributed by atoms with Crippen molar-refractivity contribution < 1.29 is 14.3 Å². The number of amides is 1. The smallest absolute Gasteiger partial charge is 0.293 e. The van der Waals surface area contributed by atoms with Crippen LogP contribution >= 0.6 is 0 Å². The van der Waals surface area contributed by atoms with Crippen LogP contribution in [0.25, 0.3) is 0 Å². The van der Waals surface area contributed by atoms with E-state index in [1.165, 1.54) is 0 Å². The Kier molecular flexibility index (Phi) is 5.97. The molecule has 0 saturated heterocycles. The first-order valence-corrected chi connectivity index (χ1v) is 5.30. The van der Waals surface area contributed by atoms with Gasteiger partial charge in [-0.15, -0.1) is 0 Å². The standard InChI is InChI=1S/C11H21NO3/c1-5-11(3,4)10(14)12-9(2)6-7-15-8-13/h8-9H,5-7H2,1-4H3,(H,12,14). The van der Waals surface area contributed by atoms with E-state index >= 15 is 0 Å². The first-order valence-electron chi connectivity index (χ1n) is 5.30. The van der Waals surface area contributed by atoms with E-state index in [2.05, 4.69) is 10.1 Å². The molecule has 1 atom stereocenters. The maximum Gasteiger partial charge on any atom is 0.293 e. The van der Waals surface area contributed by atoms with E-state index in [9.17, 15) is 9.59 Å². The molecule has 1 unspecified atom stereocenters. The molecule has 0 spiro atoms. The number of hydrogen-bond donors (Lipinski definition) is 1. The van der Waals surface area contributed by atoms with E-state index < -0.39 is 0 Å². The molecule has 0 heterocycles. The van der Waals surface area contributed by atoms with Crippen LogP contribution in [0.1, 0.15) is 40.5 Å². The summed E-state index contributed by atoms with van der Waals surface area (Å²) in [5.74, 6) is 0.0450. The van der Waals surface area contributed by atoms with Crippen molar-refractivity contribution in [3.63, 3.8) is 0 Å². The molecule has 0 aliphatic heterocycles. The van der Waals surface area contributed by atoms with Gasteiger partial charge in [-0.05, 0) is 13.3 Å². The molecule has 0 bridgehead atoms. The third-order valence-electron chi connectivity index (χ3n) is 2.61. The zero-order valence-electron chi connectivity index (χ0n) is 10.0. The van der Waals surface area contributed by atoms with Gasteiger partial charge in [-0.2, -0.15) is 0 Å². The fourth-order valence-electron chi connectivity index (χ4n) is 0.945. The van der Waals surface area contributed by atoms with E-state index in [0.717, 1.165) is 6.42 Å². The minimum absolute atomic E-state index is 0.0308. The van der Waals surface area contributed by atoms with Crippen molar-refractivity contribution in [2.45, 2.75) is 46.6 Å². The van der Waals surface area contributed by atoms with Crippen molar-refractivity contribution in [2.24, 2.45) is 5.41 Å². The minimum atomic E-state index is -0.334. The molecule has 1 N–H and O–H groups in total. The lowest BCUT2D eigenvalue weighted by Crippen LogP contribution is -2.41. The summed E-state index contributed by atoms with van der Waals surface area (Å²) >= 11 is 0. The third-order valence-corrected chi connectivity index (χ3v) is 2.61. The number of hydrogen-bond acceptors (Lipinski definition) is 3. The van der Waals surface area contributed by atoms with E-state index in [1.807, 2.05) is 27.7 Å². The maximum absolute atomic E-state index is 11.7. The topological polar surface area (TPSA) is 55.4 Å². The van der Waals surface area contributed by atoms with Gasteiger partial charge in [0.1, 0.15) is 0 Å². The second kappa shape index (κ2) is 6.43. The Labute approximate surface area is 91.4 Å². The predicted octanol–water partition coefficient (Wildman–Crippen LogP) is 1.49. The molecule has 0 fully saturated rings. The van der Waals surface area contributed by atoms with Gasteiger partial charge < -0.3 is 10.1 Å². The SMILES string of the molecule is CCC(C)(C)C(=O)NC(C)CCOC=O. The number of rotatable bonds is 7. The highest BCUT2D eigenvalue weighted by Gasteiger charge is 2.25. The number of carbonyl (C=O) groups excluding carboxylic acids is 2. The van der Waals surface area contributed by atoms with Crippen molar-refractivity contribution >= 4 is 12.4 Å². The highest BCUT2D eigenvalue weighted by Crippen LogP contribution is 2.19. The molecule has 0 aromatic rings. The third kappa shape index (κ3) is 5.40. The van der Waals surface area contributed by atoms with Gasteiger partial charge in [-0.25, -0.2) is 0 Å². The van der Waals surface area contributed by atoms with Crippen molar-refractivity contribution in [1.29, 1.82) is 0 Å². The lowest BCUT2D eigenvalue weighted by Gasteiger charge is -2.24. The van der Waals surface area contributed by atoms with Crippen molar-refractivity contribution in [3.8, 4) is 0 Å². The molecular weight excluding hydrogens is 194 g/mol. The van der Waals surface area contributed by atoms with Gasteiger partial charge in [0.15, 0.2) is 0 Å². The van der Waals surface area contributed by atoms with Gasteiger partial charge in [-0.3, -0.25) is 9.59 Å². The van der Waals surface area contributed by atoms with Crippen molar-refractivity contribution in [1.82, 2.24) is 5.32 Å². The van der Waals surface area contributed by atoms with Gasteiger partial charge >= 0.3 is 0 Å². The van der Waals surface area contributed by atoms with Crippen LogP contribution in [-0.2, 0) is 14.3 Å². The molecule has 0 aromatic carbocycles. The molecular formula is C11H21NO3. The lowest BCUT2D eigenvalue weighted by molar-refractivity contribution is -0.130. The number of ether oxygens (including phenoxy) is 1. The number of nitrogens with one attached hydrogen (secondary N) is 1. The molecule has 0 saturated carbocycles. The molecule has 0 aromatic heterocycles. The highest BCUT2D eigenvalue weighted by molar-refractivity contribution is 5.81. The molecule has 0 rings (SSSR count). The van der Waals surface area contributed by atoms with Crippen LogP contribution in [0.4, 0.5) is 0 Å². The van der Waals surface area contributed by atoms with E-state index in [1.54, 1.807) is 0 Å². The molecule has 0 aliphatic carbocycles. The Bertz CT molecular complexity index is 214. The Morgan fingerprint density at radius 1 is 1.53 bits per heavy atom. The Hall–Kier alpha value is -1.06. The maximum atomic E-state index is 11.7. The van der Waals surface area contributed by atoms with Gasteiger partial charge in [0.2, 0.25) is 5.91 Å². The molecule has 4 heteroatoms. The second-order valence-electron chi connectivity index (χ2n) is 4.37. The molecule has 4 nitrogen and oxygen atoms in total. The van der Waals surface area contributed by atoms with Gasteiger partial charge in [0, 0.05) is 17.9 Å². The van der Waals surface area contributed by atoms with Crippen LogP contribution in [0.15, 0.2) is 0 Å². The fraction of sp³-hybridized carbons (Fsp3) is 0.818. The van der Waals surface area contributed by atoms with E-state index in [0.29, 0.717) is 19.5 Å². The van der Waals surface area contributed by atoms with Gasteiger partial charge in [0.05, 0.1) is 6.61 Å². The Morgan fingerprint density at radius 3 is 2.60 bits per heavy atom. The van der Waals surface area contributed by atoms with Crippen LogP contribution in [0.5, 0.6) is 0 Å². The summed E-state index contributed by atoms with van der Waals surface area (Å²) < 4.78 is 4.57. The molecule has 0 aliphatic rings. The van der Waals surface area contributed by atoms with Crippen LogP contribution < -0.4 is 5.32 Å². The quantitative estimate of drug-likeness (QED) is 0.517. The minimum Gasteiger partial charge on any atom is -0.468 e. The summed E-state index contributed by atoms with van der Waals surface area (Å²) in [4.78, 5) is 21.6. The Balaban J connectivity index is 3.90. The van der Waals surface area contributed by atoms with Crippen LogP contribution in [0, 0.1) is 5.41 Å². The molecule has 88 valence electrons. The highest BCUT2D eigenvalue weighted by atomic mass is 16.5. The summed E-state index contributed by atoms with van der Waals surface area (Å²) in [7, 11) is 0. The monoisotopic (exact) mass is 215 g/mol. The normalized spacial score (nSPS) is 13.1. The lowest BCUT2D eigenvalue weighted by atomic mass is 9.89. The average Bonchev–Trinajstić information content (AvgIpc) is 2.18. The second-order valence-corrected chi connectivity index (χ2v) is 4.37. The first kappa shape index (κ1) is 13.9. The summed E-state index contributed by atoms with van der Waals surface area (Å²) in [5, 5.41) is 2.90. The molecule has 1 amide bonds. The van der Waals surface area contributed by atoms with Crippen molar-refractivity contribution in [3.05, 3.63) is 0 Å². The van der Waals surface area contributed by atoms with Gasteiger partial charge in [0.25, 0.3) is 6.47 Å². The fourth-order valence-corrected chi connectivity index (χ4v) is 0.945. The predicted molar refractivity (Wildman–Crippen MR) is 58.3 cm³/mol. The molecule has 0 radical (unpaired) electrons. The van der Waals surface area contributed by atoms with Gasteiger partial charge in [-0.1, -0.05) is 20.8 Å². The van der Waals surface area contributed by atoms with E-state index in [-0.39, 0.29) is 17.4 Å². The van der Waals surface area contributed by atoms with Crippen molar-refractivity contribution in [2.75, 3.05) is 6.61 Å². The Morgan fingerprint density at radius 2 is 2.13 bits per heavy atom. The first-order chi connectivity index (χ1) is 6.94. The zero-order valence-corrected chi connectivity index (χ0v) is 10.0. The van der Waals surface area contributed by atoms with Crippen LogP contribution in [-0.4, -0.2) is 25.0 Å². The summed E-state index contributed by atoms with van der Waals surface area (Å²) in [6, 6.07) is 0.0308.